The van der Waals surface area contributed by atoms with E-state index in [1.807, 2.05) is 19.1 Å². The number of nitrogen functional groups attached to an aromatic ring is 1. The Kier molecular flexibility index (Phi) is 6.59. The second-order valence-corrected chi connectivity index (χ2v) is 12.2. The van der Waals surface area contributed by atoms with E-state index in [2.05, 4.69) is 15.5 Å². The van der Waals surface area contributed by atoms with Crippen LogP contribution in [0.1, 0.15) is 43.9 Å². The predicted molar refractivity (Wildman–Crippen MR) is 137 cm³/mol. The number of rotatable bonds is 7. The van der Waals surface area contributed by atoms with Crippen molar-refractivity contribution in [1.82, 2.24) is 10.2 Å². The van der Waals surface area contributed by atoms with Crippen LogP contribution in [0.3, 0.4) is 0 Å². The molecule has 4 rings (SSSR count). The Bertz CT molecular complexity index is 1400. The average Bonchev–Trinajstić information content (AvgIpc) is 3.21. The fourth-order valence-electron chi connectivity index (χ4n) is 4.59. The number of nitrogens with one attached hydrogen (secondary N) is 2. The lowest BCUT2D eigenvalue weighted by molar-refractivity contribution is -0.124. The highest BCUT2D eigenvalue weighted by Crippen LogP contribution is 2.42. The quantitative estimate of drug-likeness (QED) is 0.392. The van der Waals surface area contributed by atoms with Gasteiger partial charge in [-0.15, -0.1) is 0 Å². The van der Waals surface area contributed by atoms with E-state index in [1.54, 1.807) is 39.2 Å². The molecule has 1 aliphatic rings. The molecule has 0 aliphatic heterocycles. The number of halogens is 1. The van der Waals surface area contributed by atoms with Crippen molar-refractivity contribution in [2.45, 2.75) is 55.6 Å². The number of aryl methyl sites for hydroxylation is 1. The van der Waals surface area contributed by atoms with Crippen molar-refractivity contribution >= 4 is 44.4 Å². The fraction of sp³-hybridized carbons (Fsp3) is 0.360. The van der Waals surface area contributed by atoms with Crippen LogP contribution < -0.4 is 15.8 Å². The molecule has 3 aromatic rings. The summed E-state index contributed by atoms with van der Waals surface area (Å²) in [7, 11) is -2.03. The van der Waals surface area contributed by atoms with Crippen molar-refractivity contribution < 1.29 is 17.9 Å². The minimum absolute atomic E-state index is 0.111. The van der Waals surface area contributed by atoms with Crippen molar-refractivity contribution in [3.63, 3.8) is 0 Å². The number of Topliss-reactive ketones (excluding diaryl/α,β-unsaturated/α-hetero) is 1. The van der Waals surface area contributed by atoms with E-state index in [-0.39, 0.29) is 10.7 Å². The molecule has 35 heavy (non-hydrogen) atoms. The van der Waals surface area contributed by atoms with Gasteiger partial charge in [0.15, 0.2) is 9.84 Å². The van der Waals surface area contributed by atoms with Gasteiger partial charge in [0.05, 0.1) is 40.2 Å². The van der Waals surface area contributed by atoms with Crippen molar-refractivity contribution in [3.05, 3.63) is 58.2 Å². The molecule has 0 spiro atoms. The number of hydrogen-bond donors (Lipinski definition) is 3. The number of hydrogen-bond acceptors (Lipinski definition) is 7. The average molecular weight is 517 g/mol. The zero-order chi connectivity index (χ0) is 25.5. The molecule has 0 saturated carbocycles. The number of anilines is 3. The van der Waals surface area contributed by atoms with Crippen molar-refractivity contribution in [3.8, 4) is 5.75 Å². The molecule has 0 radical (unpaired) electrons. The SMILES string of the molecule is COc1cc2c(cc1N)C(C)(Cc1ccc(S(=O)(=O)C(C)C)c(Nc3[nH]ncc3Cl)c1)C(=O)CC2. The summed E-state index contributed by atoms with van der Waals surface area (Å²) in [5.41, 5.74) is 8.90. The highest BCUT2D eigenvalue weighted by atomic mass is 35.5. The minimum atomic E-state index is -3.60. The molecule has 1 aromatic heterocycles. The lowest BCUT2D eigenvalue weighted by Gasteiger charge is -2.35. The van der Waals surface area contributed by atoms with Gasteiger partial charge in [0.25, 0.3) is 0 Å². The molecule has 0 bridgehead atoms. The molecule has 1 unspecified atom stereocenters. The van der Waals surface area contributed by atoms with Crippen LogP contribution in [-0.4, -0.2) is 36.8 Å². The van der Waals surface area contributed by atoms with Crippen molar-refractivity contribution in [1.29, 1.82) is 0 Å². The molecule has 1 aliphatic carbocycles. The number of H-pyrrole nitrogens is 1. The molecule has 0 amide bonds. The van der Waals surface area contributed by atoms with E-state index in [0.717, 1.165) is 16.7 Å². The highest BCUT2D eigenvalue weighted by molar-refractivity contribution is 7.92. The smallest absolute Gasteiger partial charge is 0.182 e. The third kappa shape index (κ3) is 4.50. The topological polar surface area (TPSA) is 127 Å². The zero-order valence-electron chi connectivity index (χ0n) is 20.1. The molecule has 8 nitrogen and oxygen atoms in total. The Morgan fingerprint density at radius 2 is 2.00 bits per heavy atom. The van der Waals surface area contributed by atoms with Gasteiger partial charge in [-0.3, -0.25) is 9.89 Å². The number of aromatic nitrogens is 2. The molecular formula is C25H29ClN4O4S. The summed E-state index contributed by atoms with van der Waals surface area (Å²) in [5.74, 6) is 1.08. The molecule has 1 atom stereocenters. The first-order valence-electron chi connectivity index (χ1n) is 11.3. The molecule has 10 heteroatoms. The zero-order valence-corrected chi connectivity index (χ0v) is 21.7. The lowest BCUT2D eigenvalue weighted by atomic mass is 9.67. The first-order chi connectivity index (χ1) is 16.5. The van der Waals surface area contributed by atoms with E-state index < -0.39 is 20.5 Å². The van der Waals surface area contributed by atoms with E-state index in [1.165, 1.54) is 6.20 Å². The van der Waals surface area contributed by atoms with Gasteiger partial charge in [-0.05, 0) is 74.6 Å². The van der Waals surface area contributed by atoms with Gasteiger partial charge in [0, 0.05) is 6.42 Å². The molecule has 4 N–H and O–H groups in total. The van der Waals surface area contributed by atoms with E-state index in [4.69, 9.17) is 22.1 Å². The molecule has 2 aromatic carbocycles. The third-order valence-electron chi connectivity index (χ3n) is 6.67. The number of ketones is 1. The lowest BCUT2D eigenvalue weighted by Crippen LogP contribution is -2.39. The molecule has 0 saturated heterocycles. The first kappa shape index (κ1) is 25.1. The number of ether oxygens (including phenoxy) is 1. The maximum Gasteiger partial charge on any atom is 0.182 e. The molecule has 186 valence electrons. The summed E-state index contributed by atoms with van der Waals surface area (Å²) in [5, 5.41) is 9.42. The fourth-order valence-corrected chi connectivity index (χ4v) is 5.91. The van der Waals surface area contributed by atoms with Gasteiger partial charge >= 0.3 is 0 Å². The number of aromatic amines is 1. The molecular weight excluding hydrogens is 488 g/mol. The van der Waals surface area contributed by atoms with Crippen LogP contribution in [0.5, 0.6) is 5.75 Å². The van der Waals surface area contributed by atoms with E-state index in [9.17, 15) is 13.2 Å². The summed E-state index contributed by atoms with van der Waals surface area (Å²) in [6, 6.07) is 8.82. The Hall–Kier alpha value is -3.04. The molecule has 0 fully saturated rings. The number of nitrogens with two attached hydrogens (primary N) is 1. The van der Waals surface area contributed by atoms with Crippen LogP contribution in [0.15, 0.2) is 41.4 Å². The normalized spacial score (nSPS) is 17.9. The van der Waals surface area contributed by atoms with Crippen molar-refractivity contribution in [2.24, 2.45) is 0 Å². The summed E-state index contributed by atoms with van der Waals surface area (Å²) in [6.45, 7) is 5.18. The first-order valence-corrected chi connectivity index (χ1v) is 13.2. The highest BCUT2D eigenvalue weighted by Gasteiger charge is 2.40. The van der Waals surface area contributed by atoms with Crippen LogP contribution >= 0.6 is 11.6 Å². The van der Waals surface area contributed by atoms with E-state index in [0.29, 0.717) is 47.2 Å². The Morgan fingerprint density at radius 3 is 2.63 bits per heavy atom. The number of carbonyl (C=O) groups excluding carboxylic acids is 1. The number of carbonyl (C=O) groups is 1. The standard InChI is InChI=1S/C25H29ClN4O4S/c1-14(2)35(32,33)22-7-5-15(9-20(22)29-24-18(26)13-28-30-24)12-25(3)17-11-19(27)21(34-4)10-16(17)6-8-23(25)31/h5,7,9-11,13-14H,6,8,12,27H2,1-4H3,(H2,28,29,30). The number of nitrogens with zero attached hydrogens (tertiary/aromatic N) is 1. The predicted octanol–water partition coefficient (Wildman–Crippen LogP) is 4.60. The van der Waals surface area contributed by atoms with Gasteiger partial charge < -0.3 is 15.8 Å². The van der Waals surface area contributed by atoms with Gasteiger partial charge in [-0.25, -0.2) is 8.42 Å². The maximum atomic E-state index is 13.2. The number of methoxy groups -OCH3 is 1. The second kappa shape index (κ2) is 9.20. The summed E-state index contributed by atoms with van der Waals surface area (Å²) in [4.78, 5) is 13.4. The summed E-state index contributed by atoms with van der Waals surface area (Å²) in [6.07, 6.45) is 2.84. The van der Waals surface area contributed by atoms with Crippen LogP contribution in [-0.2, 0) is 32.9 Å². The third-order valence-corrected chi connectivity index (χ3v) is 9.17. The largest absolute Gasteiger partial charge is 0.495 e. The molecule has 1 heterocycles. The number of fused-ring (bicyclic) bond motifs is 1. The van der Waals surface area contributed by atoms with Crippen LogP contribution in [0.4, 0.5) is 17.2 Å². The van der Waals surface area contributed by atoms with E-state index >= 15 is 0 Å². The minimum Gasteiger partial charge on any atom is -0.495 e. The summed E-state index contributed by atoms with van der Waals surface area (Å²) < 4.78 is 31.5. The van der Waals surface area contributed by atoms with Crippen LogP contribution in [0.2, 0.25) is 5.02 Å². The Balaban J connectivity index is 1.80. The number of benzene rings is 2. The second-order valence-electron chi connectivity index (χ2n) is 9.33. The monoisotopic (exact) mass is 516 g/mol. The maximum absolute atomic E-state index is 13.2. The Morgan fingerprint density at radius 1 is 1.26 bits per heavy atom. The summed E-state index contributed by atoms with van der Waals surface area (Å²) >= 11 is 6.18. The van der Waals surface area contributed by atoms with Gasteiger partial charge in [0.1, 0.15) is 22.4 Å². The van der Waals surface area contributed by atoms with Crippen molar-refractivity contribution in [2.75, 3.05) is 18.2 Å². The van der Waals surface area contributed by atoms with Crippen LogP contribution in [0.25, 0.3) is 0 Å². The van der Waals surface area contributed by atoms with Gasteiger partial charge in [-0.1, -0.05) is 17.7 Å². The van der Waals surface area contributed by atoms with Gasteiger partial charge in [0.2, 0.25) is 0 Å². The number of sulfone groups is 1. The van der Waals surface area contributed by atoms with Crippen LogP contribution in [0, 0.1) is 0 Å². The Labute approximate surface area is 210 Å². The van der Waals surface area contributed by atoms with Gasteiger partial charge in [-0.2, -0.15) is 5.10 Å².